The highest BCUT2D eigenvalue weighted by atomic mass is 31.2. The van der Waals surface area contributed by atoms with Gasteiger partial charge in [0.15, 0.2) is 0 Å². The number of carbonyl (C=O) groups is 1. The van der Waals surface area contributed by atoms with E-state index < -0.39 is 40.0 Å². The molecule has 0 aromatic heterocycles. The third kappa shape index (κ3) is 4.24. The van der Waals surface area contributed by atoms with Crippen LogP contribution in [0.1, 0.15) is 6.92 Å². The molecule has 0 rings (SSSR count). The predicted molar refractivity (Wildman–Crippen MR) is 55.9 cm³/mol. The van der Waals surface area contributed by atoms with Crippen LogP contribution in [0.2, 0.25) is 0 Å². The lowest BCUT2D eigenvalue weighted by molar-refractivity contribution is -0.134. The average molecular weight is 328 g/mol. The third-order valence-corrected chi connectivity index (χ3v) is 7.25. The zero-order valence-electron chi connectivity index (χ0n) is 8.77. The van der Waals surface area contributed by atoms with Crippen molar-refractivity contribution in [2.45, 2.75) is 12.0 Å². The maximum atomic E-state index is 11.2. The van der Waals surface area contributed by atoms with E-state index in [1.807, 2.05) is 0 Å². The van der Waals surface area contributed by atoms with Gasteiger partial charge < -0.3 is 29.6 Å². The molecule has 0 aliphatic rings. The average Bonchev–Trinajstić information content (AvgIpc) is 1.94. The van der Waals surface area contributed by atoms with Crippen molar-refractivity contribution >= 4 is 28.8 Å². The lowest BCUT2D eigenvalue weighted by atomic mass is 10.8. The van der Waals surface area contributed by atoms with Crippen LogP contribution in [0.25, 0.3) is 0 Å². The molecule has 0 radical (unpaired) electrons. The summed E-state index contributed by atoms with van der Waals surface area (Å²) in [7, 11) is -16.5. The van der Waals surface area contributed by atoms with Crippen molar-refractivity contribution < 1.29 is 52.6 Å². The molecule has 6 N–H and O–H groups in total. The molecule has 1 atom stereocenters. The lowest BCUT2D eigenvalue weighted by Gasteiger charge is -2.31. The Morgan fingerprint density at radius 3 is 1.61 bits per heavy atom. The molecule has 14 heteroatoms. The monoisotopic (exact) mass is 328 g/mol. The van der Waals surface area contributed by atoms with E-state index in [-0.39, 0.29) is 6.92 Å². The van der Waals surface area contributed by atoms with E-state index in [0.29, 0.717) is 0 Å². The molecule has 0 amide bonds. The minimum Gasteiger partial charge on any atom is -0.481 e. The Labute approximate surface area is 100 Å². The molecule has 0 spiro atoms. The minimum atomic E-state index is -5.66. The van der Waals surface area contributed by atoms with Crippen LogP contribution in [0.4, 0.5) is 0 Å². The topological polar surface area (TPSA) is 199 Å². The van der Waals surface area contributed by atoms with Crippen molar-refractivity contribution in [2.24, 2.45) is 0 Å². The van der Waals surface area contributed by atoms with Crippen LogP contribution in [0.15, 0.2) is 0 Å². The van der Waals surface area contributed by atoms with Gasteiger partial charge >= 0.3 is 28.8 Å². The summed E-state index contributed by atoms with van der Waals surface area (Å²) in [5, 5.41) is 4.65. The summed E-state index contributed by atoms with van der Waals surface area (Å²) < 4.78 is 37.0. The molecule has 0 aromatic rings. The second-order valence-corrected chi connectivity index (χ2v) is 9.31. The number of carboxylic acids is 1. The van der Waals surface area contributed by atoms with E-state index in [1.165, 1.54) is 0 Å². The van der Waals surface area contributed by atoms with Crippen LogP contribution < -0.4 is 0 Å². The van der Waals surface area contributed by atoms with Gasteiger partial charge in [0.1, 0.15) is 6.16 Å². The Hall–Kier alpha value is -0.0800. The minimum absolute atomic E-state index is 0.222. The normalized spacial score (nSPS) is 17.2. The second kappa shape index (κ2) is 5.13. The van der Waals surface area contributed by atoms with Gasteiger partial charge in [-0.2, -0.15) is 0 Å². The van der Waals surface area contributed by atoms with Gasteiger partial charge in [0.25, 0.3) is 5.08 Å². The summed E-state index contributed by atoms with van der Waals surface area (Å²) in [6, 6.07) is 0. The maximum Gasteiger partial charge on any atom is 0.369 e. The van der Waals surface area contributed by atoms with Gasteiger partial charge in [-0.3, -0.25) is 23.0 Å². The molecule has 11 nitrogen and oxygen atoms in total. The first-order chi connectivity index (χ1) is 7.62. The largest absolute Gasteiger partial charge is 0.481 e. The van der Waals surface area contributed by atoms with Crippen LogP contribution >= 0.6 is 22.8 Å². The Morgan fingerprint density at radius 1 is 1.06 bits per heavy atom. The van der Waals surface area contributed by atoms with Gasteiger partial charge in [-0.05, 0) is 6.92 Å². The first kappa shape index (κ1) is 17.9. The number of rotatable bonds is 6. The number of carboxylic acid groups (broad SMARTS) is 1. The van der Waals surface area contributed by atoms with Gasteiger partial charge in [0.05, 0.1) is 0 Å². The Bertz CT molecular complexity index is 447. The molecule has 18 heavy (non-hydrogen) atoms. The Balaban J connectivity index is 5.58. The molecule has 0 aromatic carbocycles. The highest BCUT2D eigenvalue weighted by Crippen LogP contribution is 2.73. The highest BCUT2D eigenvalue weighted by molar-refractivity contribution is 7.73. The predicted octanol–water partition coefficient (Wildman–Crippen LogP) is -0.698. The third-order valence-electron chi connectivity index (χ3n) is 1.73. The summed E-state index contributed by atoms with van der Waals surface area (Å²) in [6.45, 7) is 0.222. The van der Waals surface area contributed by atoms with Gasteiger partial charge in [-0.1, -0.05) is 0 Å². The molecule has 0 saturated carbocycles. The summed E-state index contributed by atoms with van der Waals surface area (Å²) >= 11 is 0. The first-order valence-corrected chi connectivity index (χ1v) is 8.97. The summed E-state index contributed by atoms with van der Waals surface area (Å²) in [5.74, 6) is -1.85. The van der Waals surface area contributed by atoms with Gasteiger partial charge in [0, 0.05) is 0 Å². The van der Waals surface area contributed by atoms with Crippen molar-refractivity contribution in [1.29, 1.82) is 0 Å². The maximum absolute atomic E-state index is 11.2. The summed E-state index contributed by atoms with van der Waals surface area (Å²) in [6.07, 6.45) is -1.57. The Morgan fingerprint density at radius 2 is 1.39 bits per heavy atom. The van der Waals surface area contributed by atoms with Gasteiger partial charge in [-0.25, -0.2) is 0 Å². The summed E-state index contributed by atoms with van der Waals surface area (Å²) in [4.78, 5) is 54.3. The van der Waals surface area contributed by atoms with Crippen LogP contribution in [-0.4, -0.2) is 46.8 Å². The second-order valence-electron chi connectivity index (χ2n) is 3.30. The fourth-order valence-electron chi connectivity index (χ4n) is 0.749. The van der Waals surface area contributed by atoms with Crippen LogP contribution in [0.3, 0.4) is 0 Å². The van der Waals surface area contributed by atoms with Crippen molar-refractivity contribution in [3.05, 3.63) is 0 Å². The number of hydrogen-bond donors (Lipinski definition) is 6. The molecule has 0 saturated heterocycles. The molecular formula is C4H11O11P3. The van der Waals surface area contributed by atoms with E-state index in [4.69, 9.17) is 29.6 Å². The summed E-state index contributed by atoms with van der Waals surface area (Å²) in [5.41, 5.74) is 0. The van der Waals surface area contributed by atoms with Gasteiger partial charge in [0.2, 0.25) is 0 Å². The van der Waals surface area contributed by atoms with E-state index in [0.717, 1.165) is 0 Å². The van der Waals surface area contributed by atoms with Crippen molar-refractivity contribution in [1.82, 2.24) is 0 Å². The van der Waals surface area contributed by atoms with Crippen molar-refractivity contribution in [2.75, 3.05) is 6.16 Å². The fourth-order valence-corrected chi connectivity index (χ4v) is 4.67. The first-order valence-electron chi connectivity index (χ1n) is 3.98. The molecular weight excluding hydrogens is 317 g/mol. The molecule has 108 valence electrons. The molecule has 0 fully saturated rings. The van der Waals surface area contributed by atoms with Crippen LogP contribution in [-0.2, 0) is 23.0 Å². The molecule has 1 unspecified atom stereocenters. The van der Waals surface area contributed by atoms with Crippen LogP contribution in [0, 0.1) is 0 Å². The van der Waals surface area contributed by atoms with Gasteiger partial charge in [-0.15, -0.1) is 0 Å². The van der Waals surface area contributed by atoms with Crippen LogP contribution in [0.5, 0.6) is 0 Å². The fraction of sp³-hybridized carbons (Fsp3) is 0.750. The number of aliphatic carboxylic acids is 1. The zero-order chi connectivity index (χ0) is 15.0. The van der Waals surface area contributed by atoms with Crippen molar-refractivity contribution in [3.8, 4) is 0 Å². The quantitative estimate of drug-likeness (QED) is 0.337. The highest BCUT2D eigenvalue weighted by Gasteiger charge is 2.61. The van der Waals surface area contributed by atoms with E-state index in [1.54, 1.807) is 0 Å². The van der Waals surface area contributed by atoms with E-state index >= 15 is 0 Å². The van der Waals surface area contributed by atoms with E-state index in [9.17, 15) is 18.5 Å². The smallest absolute Gasteiger partial charge is 0.369 e. The number of hydrogen-bond acceptors (Lipinski definition) is 5. The molecule has 0 aliphatic heterocycles. The Kier molecular flexibility index (Phi) is 5.10. The zero-order valence-corrected chi connectivity index (χ0v) is 11.5. The standard InChI is InChI=1S/C4H11O11P3/c1-4(17(9,10)11,18(12,13)14)15-16(7,8)2-3(5)6/h2H2,1H3,(H,5,6)(H,7,8)(H2,9,10,11)(H2,12,13,14). The SMILES string of the molecule is CC(OP(=O)(O)CC(=O)O)(P(=O)(O)O)P(=O)(O)O. The van der Waals surface area contributed by atoms with E-state index in [2.05, 4.69) is 4.52 Å². The lowest BCUT2D eigenvalue weighted by Crippen LogP contribution is -2.28. The molecule has 0 aliphatic carbocycles. The molecule has 0 bridgehead atoms. The molecule has 0 heterocycles. The van der Waals surface area contributed by atoms with Crippen molar-refractivity contribution in [3.63, 3.8) is 0 Å².